The summed E-state index contributed by atoms with van der Waals surface area (Å²) in [6.07, 6.45) is 3.47. The van der Waals surface area contributed by atoms with Gasteiger partial charge in [0.25, 0.3) is 5.91 Å². The van der Waals surface area contributed by atoms with Gasteiger partial charge in [-0.1, -0.05) is 18.9 Å². The molecule has 1 aliphatic carbocycles. The van der Waals surface area contributed by atoms with Gasteiger partial charge in [0, 0.05) is 0 Å². The van der Waals surface area contributed by atoms with Gasteiger partial charge < -0.3 is 10.4 Å². The predicted octanol–water partition coefficient (Wildman–Crippen LogP) is 2.17. The molecule has 1 amide bonds. The first-order valence-corrected chi connectivity index (χ1v) is 6.26. The molecule has 1 aliphatic rings. The molecule has 1 aromatic carbocycles. The highest BCUT2D eigenvalue weighted by Crippen LogP contribution is 2.29. The molecule has 1 aromatic rings. The van der Waals surface area contributed by atoms with Crippen LogP contribution in [0.5, 0.6) is 0 Å². The summed E-state index contributed by atoms with van der Waals surface area (Å²) in [7, 11) is 0. The molecule has 1 fully saturated rings. The van der Waals surface area contributed by atoms with Gasteiger partial charge in [-0.2, -0.15) is 0 Å². The summed E-state index contributed by atoms with van der Waals surface area (Å²) >= 11 is 0. The predicted molar refractivity (Wildman–Crippen MR) is 66.9 cm³/mol. The second-order valence-electron chi connectivity index (χ2n) is 5.08. The van der Waals surface area contributed by atoms with Crippen LogP contribution in [0.2, 0.25) is 0 Å². The van der Waals surface area contributed by atoms with Crippen LogP contribution in [0.3, 0.4) is 0 Å². The molecule has 0 bridgehead atoms. The number of halogens is 1. The van der Waals surface area contributed by atoms with E-state index in [1.54, 1.807) is 13.0 Å². The molecule has 0 heterocycles. The van der Waals surface area contributed by atoms with Gasteiger partial charge in [-0.05, 0) is 37.5 Å². The first kappa shape index (κ1) is 13.0. The van der Waals surface area contributed by atoms with Crippen molar-refractivity contribution in [3.63, 3.8) is 0 Å². The molecular weight excluding hydrogens is 233 g/mol. The lowest BCUT2D eigenvalue weighted by Crippen LogP contribution is -2.49. The largest absolute Gasteiger partial charge is 0.394 e. The van der Waals surface area contributed by atoms with Gasteiger partial charge >= 0.3 is 0 Å². The number of carbonyl (C=O) groups is 1. The molecule has 0 saturated heterocycles. The minimum Gasteiger partial charge on any atom is -0.394 e. The number of carbonyl (C=O) groups excluding carboxylic acids is 1. The highest BCUT2D eigenvalue weighted by atomic mass is 19.1. The number of rotatable bonds is 3. The fraction of sp³-hybridized carbons (Fsp3) is 0.500. The molecule has 2 rings (SSSR count). The third kappa shape index (κ3) is 2.53. The Morgan fingerprint density at radius 2 is 2.11 bits per heavy atom. The van der Waals surface area contributed by atoms with Crippen LogP contribution in [-0.4, -0.2) is 23.2 Å². The van der Waals surface area contributed by atoms with E-state index in [-0.39, 0.29) is 12.2 Å². The molecule has 1 saturated carbocycles. The zero-order chi connectivity index (χ0) is 13.2. The van der Waals surface area contributed by atoms with E-state index in [1.165, 1.54) is 12.1 Å². The van der Waals surface area contributed by atoms with E-state index >= 15 is 0 Å². The van der Waals surface area contributed by atoms with Crippen molar-refractivity contribution in [2.24, 2.45) is 0 Å². The topological polar surface area (TPSA) is 49.3 Å². The molecule has 0 unspecified atom stereocenters. The second-order valence-corrected chi connectivity index (χ2v) is 5.08. The summed E-state index contributed by atoms with van der Waals surface area (Å²) in [6.45, 7) is 1.68. The van der Waals surface area contributed by atoms with Crippen LogP contribution < -0.4 is 5.32 Å². The van der Waals surface area contributed by atoms with Crippen LogP contribution in [0.4, 0.5) is 4.39 Å². The highest BCUT2D eigenvalue weighted by molar-refractivity contribution is 5.95. The smallest absolute Gasteiger partial charge is 0.254 e. The van der Waals surface area contributed by atoms with Gasteiger partial charge in [-0.15, -0.1) is 0 Å². The third-order valence-electron chi connectivity index (χ3n) is 3.61. The lowest BCUT2D eigenvalue weighted by atomic mass is 9.98. The van der Waals surface area contributed by atoms with Crippen molar-refractivity contribution in [2.45, 2.75) is 38.1 Å². The van der Waals surface area contributed by atoms with Crippen LogP contribution in [0.25, 0.3) is 0 Å². The van der Waals surface area contributed by atoms with Crippen LogP contribution in [0.15, 0.2) is 18.2 Å². The summed E-state index contributed by atoms with van der Waals surface area (Å²) in [6, 6.07) is 4.54. The van der Waals surface area contributed by atoms with E-state index in [0.29, 0.717) is 0 Å². The van der Waals surface area contributed by atoms with E-state index in [4.69, 9.17) is 0 Å². The van der Waals surface area contributed by atoms with Crippen molar-refractivity contribution in [3.8, 4) is 0 Å². The Morgan fingerprint density at radius 1 is 1.44 bits per heavy atom. The Balaban J connectivity index is 2.16. The number of nitrogens with one attached hydrogen (secondary N) is 1. The monoisotopic (exact) mass is 251 g/mol. The van der Waals surface area contributed by atoms with Crippen molar-refractivity contribution < 1.29 is 14.3 Å². The van der Waals surface area contributed by atoms with Crippen LogP contribution in [0.1, 0.15) is 41.6 Å². The fourth-order valence-electron chi connectivity index (χ4n) is 2.49. The number of aliphatic hydroxyl groups excluding tert-OH is 1. The quantitative estimate of drug-likeness (QED) is 0.865. The number of benzene rings is 1. The molecular formula is C14H18FNO2. The number of hydrogen-bond acceptors (Lipinski definition) is 2. The van der Waals surface area contributed by atoms with Crippen LogP contribution in [0, 0.1) is 12.7 Å². The molecule has 18 heavy (non-hydrogen) atoms. The maximum Gasteiger partial charge on any atom is 0.254 e. The lowest BCUT2D eigenvalue weighted by Gasteiger charge is -2.28. The van der Waals surface area contributed by atoms with Crippen LogP contribution >= 0.6 is 0 Å². The van der Waals surface area contributed by atoms with Gasteiger partial charge in [0.1, 0.15) is 5.82 Å². The molecule has 0 radical (unpaired) electrons. The Hall–Kier alpha value is -1.42. The van der Waals surface area contributed by atoms with Crippen LogP contribution in [-0.2, 0) is 0 Å². The number of aryl methyl sites for hydroxylation is 1. The van der Waals surface area contributed by atoms with E-state index in [0.717, 1.165) is 31.2 Å². The van der Waals surface area contributed by atoms with E-state index in [2.05, 4.69) is 5.32 Å². The van der Waals surface area contributed by atoms with Gasteiger partial charge in [-0.25, -0.2) is 4.39 Å². The molecule has 0 aliphatic heterocycles. The lowest BCUT2D eigenvalue weighted by molar-refractivity contribution is 0.0834. The zero-order valence-corrected chi connectivity index (χ0v) is 10.5. The number of hydrogen-bond donors (Lipinski definition) is 2. The number of aliphatic hydroxyl groups is 1. The normalized spacial score (nSPS) is 17.7. The second kappa shape index (κ2) is 5.06. The zero-order valence-electron chi connectivity index (χ0n) is 10.5. The Labute approximate surface area is 106 Å². The molecule has 0 aromatic heterocycles. The Bertz CT molecular complexity index is 453. The van der Waals surface area contributed by atoms with Gasteiger partial charge in [0.05, 0.1) is 17.7 Å². The fourth-order valence-corrected chi connectivity index (χ4v) is 2.49. The standard InChI is InChI=1S/C14H18FNO2/c1-10-4-5-11(12(15)8-10)13(18)16-14(9-17)6-2-3-7-14/h4-5,8,17H,2-3,6-7,9H2,1H3,(H,16,18). The molecule has 0 spiro atoms. The third-order valence-corrected chi connectivity index (χ3v) is 3.61. The Morgan fingerprint density at radius 3 is 2.67 bits per heavy atom. The summed E-state index contributed by atoms with van der Waals surface area (Å²) < 4.78 is 13.7. The SMILES string of the molecule is Cc1ccc(C(=O)NC2(CO)CCCC2)c(F)c1. The average Bonchev–Trinajstić information content (AvgIpc) is 2.78. The highest BCUT2D eigenvalue weighted by Gasteiger charge is 2.35. The Kier molecular flexibility index (Phi) is 3.66. The summed E-state index contributed by atoms with van der Waals surface area (Å²) in [4.78, 5) is 12.0. The molecule has 3 nitrogen and oxygen atoms in total. The molecule has 0 atom stereocenters. The average molecular weight is 251 g/mol. The maximum absolute atomic E-state index is 13.7. The summed E-state index contributed by atoms with van der Waals surface area (Å²) in [5.41, 5.74) is 0.260. The minimum atomic E-state index is -0.561. The maximum atomic E-state index is 13.7. The first-order valence-electron chi connectivity index (χ1n) is 6.26. The van der Waals surface area contributed by atoms with E-state index in [1.807, 2.05) is 0 Å². The van der Waals surface area contributed by atoms with E-state index < -0.39 is 17.3 Å². The summed E-state index contributed by atoms with van der Waals surface area (Å²) in [5.74, 6) is -0.956. The first-order chi connectivity index (χ1) is 8.56. The van der Waals surface area contributed by atoms with E-state index in [9.17, 15) is 14.3 Å². The van der Waals surface area contributed by atoms with Gasteiger partial charge in [0.15, 0.2) is 0 Å². The van der Waals surface area contributed by atoms with Crippen molar-refractivity contribution in [2.75, 3.05) is 6.61 Å². The van der Waals surface area contributed by atoms with Crippen molar-refractivity contribution in [3.05, 3.63) is 35.1 Å². The minimum absolute atomic E-state index is 0.0420. The molecule has 2 N–H and O–H groups in total. The summed E-state index contributed by atoms with van der Waals surface area (Å²) in [5, 5.41) is 12.2. The van der Waals surface area contributed by atoms with Gasteiger partial charge in [-0.3, -0.25) is 4.79 Å². The van der Waals surface area contributed by atoms with Crippen molar-refractivity contribution in [1.82, 2.24) is 5.32 Å². The van der Waals surface area contributed by atoms with Crippen molar-refractivity contribution >= 4 is 5.91 Å². The molecule has 4 heteroatoms. The van der Waals surface area contributed by atoms with Gasteiger partial charge in [0.2, 0.25) is 0 Å². The van der Waals surface area contributed by atoms with Crippen molar-refractivity contribution in [1.29, 1.82) is 0 Å². The number of amides is 1. The molecule has 98 valence electrons.